The number of urea groups is 1. The van der Waals surface area contributed by atoms with E-state index in [0.717, 1.165) is 27.4 Å². The van der Waals surface area contributed by atoms with Crippen LogP contribution in [0.3, 0.4) is 0 Å². The number of hydrogen-bond acceptors (Lipinski definition) is 2. The summed E-state index contributed by atoms with van der Waals surface area (Å²) in [5.41, 5.74) is 3.28. The molecular formula is C21H28F6N2OS. The van der Waals surface area contributed by atoms with Crippen molar-refractivity contribution < 1.29 is 31.1 Å². The summed E-state index contributed by atoms with van der Waals surface area (Å²) in [5.74, 6) is -4.24. The highest BCUT2D eigenvalue weighted by Gasteiger charge is 2.52. The van der Waals surface area contributed by atoms with Crippen molar-refractivity contribution in [3.63, 3.8) is 0 Å². The van der Waals surface area contributed by atoms with Crippen molar-refractivity contribution >= 4 is 24.5 Å². The van der Waals surface area contributed by atoms with E-state index in [0.29, 0.717) is 18.5 Å². The number of amides is 2. The van der Waals surface area contributed by atoms with Gasteiger partial charge in [0.2, 0.25) is 0 Å². The van der Waals surface area contributed by atoms with Gasteiger partial charge in [-0.1, -0.05) is 45.7 Å². The van der Waals surface area contributed by atoms with Gasteiger partial charge in [0.05, 0.1) is 17.5 Å². The van der Waals surface area contributed by atoms with Crippen LogP contribution in [-0.4, -0.2) is 24.4 Å². The molecule has 2 amide bonds. The molecule has 0 saturated heterocycles. The fraction of sp³-hybridized carbons (Fsp3) is 0.667. The SMILES string of the molecule is CCc1cc(CC)c(N(S)C(=O)NC2CC(C(F)(F)F)CC(C(F)(F)F)C2)c(CC)c1. The third kappa shape index (κ3) is 6.23. The molecule has 1 aliphatic rings. The van der Waals surface area contributed by atoms with Crippen LogP contribution >= 0.6 is 12.8 Å². The topological polar surface area (TPSA) is 32.3 Å². The lowest BCUT2D eigenvalue weighted by Crippen LogP contribution is -2.49. The van der Waals surface area contributed by atoms with E-state index in [4.69, 9.17) is 0 Å². The Morgan fingerprint density at radius 3 is 1.74 bits per heavy atom. The quantitative estimate of drug-likeness (QED) is 0.367. The van der Waals surface area contributed by atoms with E-state index in [9.17, 15) is 31.1 Å². The Morgan fingerprint density at radius 1 is 0.935 bits per heavy atom. The lowest BCUT2D eigenvalue weighted by molar-refractivity contribution is -0.225. The molecule has 2 atom stereocenters. The molecule has 0 aromatic heterocycles. The van der Waals surface area contributed by atoms with E-state index in [1.807, 2.05) is 32.9 Å². The Kier molecular flexibility index (Phi) is 8.21. The predicted molar refractivity (Wildman–Crippen MR) is 111 cm³/mol. The molecule has 1 aliphatic carbocycles. The average molecular weight is 471 g/mol. The number of hydrogen-bond donors (Lipinski definition) is 2. The molecule has 0 bridgehead atoms. The molecule has 0 heterocycles. The Bertz CT molecular complexity index is 733. The molecule has 2 rings (SSSR count). The summed E-state index contributed by atoms with van der Waals surface area (Å²) in [6.45, 7) is 5.80. The molecular weight excluding hydrogens is 442 g/mol. The number of carbonyl (C=O) groups is 1. The molecule has 2 unspecified atom stereocenters. The second kappa shape index (κ2) is 9.92. The molecule has 0 aliphatic heterocycles. The van der Waals surface area contributed by atoms with Crippen LogP contribution in [-0.2, 0) is 19.3 Å². The highest BCUT2D eigenvalue weighted by Crippen LogP contribution is 2.45. The van der Waals surface area contributed by atoms with Gasteiger partial charge in [-0.3, -0.25) is 0 Å². The minimum atomic E-state index is -4.76. The normalized spacial score (nSPS) is 22.3. The first kappa shape index (κ1) is 25.7. The molecule has 0 radical (unpaired) electrons. The number of alkyl halides is 6. The number of carbonyl (C=O) groups excluding carboxylic acids is 1. The van der Waals surface area contributed by atoms with E-state index in [-0.39, 0.29) is 0 Å². The molecule has 1 N–H and O–H groups in total. The molecule has 3 nitrogen and oxygen atoms in total. The van der Waals surface area contributed by atoms with Gasteiger partial charge in [0.15, 0.2) is 0 Å². The van der Waals surface area contributed by atoms with Gasteiger partial charge >= 0.3 is 18.4 Å². The lowest BCUT2D eigenvalue weighted by Gasteiger charge is -2.37. The molecule has 0 spiro atoms. The van der Waals surface area contributed by atoms with Gasteiger partial charge in [0.25, 0.3) is 0 Å². The number of anilines is 1. The highest BCUT2D eigenvalue weighted by atomic mass is 32.1. The molecule has 176 valence electrons. The van der Waals surface area contributed by atoms with Gasteiger partial charge in [0.1, 0.15) is 0 Å². The summed E-state index contributed by atoms with van der Waals surface area (Å²) in [6.07, 6.45) is -9.71. The van der Waals surface area contributed by atoms with Gasteiger partial charge in [0, 0.05) is 6.04 Å². The van der Waals surface area contributed by atoms with Crippen LogP contribution in [0.25, 0.3) is 0 Å². The highest BCUT2D eigenvalue weighted by molar-refractivity contribution is 7.82. The van der Waals surface area contributed by atoms with E-state index < -0.39 is 55.5 Å². The maximum absolute atomic E-state index is 13.2. The van der Waals surface area contributed by atoms with Crippen molar-refractivity contribution in [3.05, 3.63) is 28.8 Å². The third-order valence-electron chi connectivity index (χ3n) is 5.86. The van der Waals surface area contributed by atoms with Crippen LogP contribution in [0.15, 0.2) is 12.1 Å². The average Bonchev–Trinajstić information content (AvgIpc) is 2.70. The lowest BCUT2D eigenvalue weighted by atomic mass is 9.78. The van der Waals surface area contributed by atoms with Crippen molar-refractivity contribution in [2.45, 2.75) is 77.7 Å². The van der Waals surface area contributed by atoms with Crippen LogP contribution in [0.5, 0.6) is 0 Å². The summed E-state index contributed by atoms with van der Waals surface area (Å²) < 4.78 is 80.2. The maximum atomic E-state index is 13.2. The Morgan fingerprint density at radius 2 is 1.39 bits per heavy atom. The predicted octanol–water partition coefficient (Wildman–Crippen LogP) is 6.64. The van der Waals surface area contributed by atoms with Crippen LogP contribution in [0, 0.1) is 11.8 Å². The van der Waals surface area contributed by atoms with Crippen molar-refractivity contribution in [2.75, 3.05) is 4.31 Å². The summed E-state index contributed by atoms with van der Waals surface area (Å²) in [7, 11) is 0. The molecule has 1 saturated carbocycles. The van der Waals surface area contributed by atoms with Crippen molar-refractivity contribution in [1.29, 1.82) is 0 Å². The van der Waals surface area contributed by atoms with Crippen molar-refractivity contribution in [1.82, 2.24) is 5.32 Å². The van der Waals surface area contributed by atoms with E-state index in [2.05, 4.69) is 18.1 Å². The van der Waals surface area contributed by atoms with Gasteiger partial charge in [-0.2, -0.15) is 26.3 Å². The zero-order valence-electron chi connectivity index (χ0n) is 17.7. The number of benzene rings is 1. The second-order valence-corrected chi connectivity index (χ2v) is 8.37. The Hall–Kier alpha value is -1.58. The molecule has 1 fully saturated rings. The number of rotatable bonds is 5. The van der Waals surface area contributed by atoms with Crippen LogP contribution in [0.1, 0.15) is 56.7 Å². The Balaban J connectivity index is 2.27. The maximum Gasteiger partial charge on any atom is 0.391 e. The number of nitrogens with one attached hydrogen (secondary N) is 1. The van der Waals surface area contributed by atoms with Crippen LogP contribution < -0.4 is 9.62 Å². The van der Waals surface area contributed by atoms with Gasteiger partial charge in [-0.25, -0.2) is 9.10 Å². The largest absolute Gasteiger partial charge is 0.391 e. The molecule has 1 aromatic carbocycles. The molecule has 1 aromatic rings. The first-order chi connectivity index (χ1) is 14.3. The second-order valence-electron chi connectivity index (χ2n) is 7.97. The monoisotopic (exact) mass is 470 g/mol. The smallest absolute Gasteiger partial charge is 0.334 e. The number of thiol groups is 1. The number of nitrogens with zero attached hydrogens (tertiary/aromatic N) is 1. The van der Waals surface area contributed by atoms with Crippen LogP contribution in [0.4, 0.5) is 36.8 Å². The fourth-order valence-corrected chi connectivity index (χ4v) is 4.47. The van der Waals surface area contributed by atoms with Crippen LogP contribution in [0.2, 0.25) is 0 Å². The first-order valence-corrected chi connectivity index (χ1v) is 10.8. The van der Waals surface area contributed by atoms with E-state index in [1.54, 1.807) is 0 Å². The van der Waals surface area contributed by atoms with Crippen molar-refractivity contribution in [2.24, 2.45) is 11.8 Å². The van der Waals surface area contributed by atoms with E-state index >= 15 is 0 Å². The first-order valence-electron chi connectivity index (χ1n) is 10.4. The summed E-state index contributed by atoms with van der Waals surface area (Å²) >= 11 is 4.26. The van der Waals surface area contributed by atoms with Gasteiger partial charge in [-0.15, -0.1) is 0 Å². The number of halogens is 6. The standard InChI is InChI=1S/C21H28F6N2OS/c1-4-12-7-13(5-2)18(14(6-3)8-12)29(31)19(30)28-17-10-15(20(22,23)24)9-16(11-17)21(25,26)27/h7-8,15-17,31H,4-6,9-11H2,1-3H3,(H,28,30). The summed E-state index contributed by atoms with van der Waals surface area (Å²) in [6, 6.07) is 1.79. The zero-order chi connectivity index (χ0) is 23.6. The molecule has 31 heavy (non-hydrogen) atoms. The minimum absolute atomic E-state index is 0.526. The van der Waals surface area contributed by atoms with E-state index in [1.165, 1.54) is 0 Å². The fourth-order valence-electron chi connectivity index (χ4n) is 4.16. The van der Waals surface area contributed by atoms with Crippen molar-refractivity contribution in [3.8, 4) is 0 Å². The summed E-state index contributed by atoms with van der Waals surface area (Å²) in [5, 5.41) is 2.36. The third-order valence-corrected chi connectivity index (χ3v) is 6.24. The minimum Gasteiger partial charge on any atom is -0.334 e. The van der Waals surface area contributed by atoms with Gasteiger partial charge in [-0.05, 0) is 55.2 Å². The Labute approximate surface area is 184 Å². The summed E-state index contributed by atoms with van der Waals surface area (Å²) in [4.78, 5) is 12.8. The number of aryl methyl sites for hydroxylation is 3. The molecule has 10 heteroatoms. The zero-order valence-corrected chi connectivity index (χ0v) is 18.6. The van der Waals surface area contributed by atoms with Gasteiger partial charge < -0.3 is 5.32 Å².